The van der Waals surface area contributed by atoms with E-state index >= 15 is 0 Å². The largest absolute Gasteiger partial charge is 0.482 e. The van der Waals surface area contributed by atoms with Crippen molar-refractivity contribution in [2.75, 3.05) is 6.61 Å². The lowest BCUT2D eigenvalue weighted by Gasteiger charge is -2.14. The number of benzene rings is 1. The van der Waals surface area contributed by atoms with E-state index in [2.05, 4.69) is 21.2 Å². The molecule has 0 saturated carbocycles. The van der Waals surface area contributed by atoms with Gasteiger partial charge in [0, 0.05) is 4.47 Å². The number of hydrogen-bond acceptors (Lipinski definition) is 3. The number of ether oxygens (including phenoxy) is 1. The average molecular weight is 365 g/mol. The first-order chi connectivity index (χ1) is 9.43. The molecule has 0 aliphatic rings. The van der Waals surface area contributed by atoms with Gasteiger partial charge in [0.2, 0.25) is 0 Å². The molecular formula is C13H15BrClNO4. The van der Waals surface area contributed by atoms with E-state index in [0.29, 0.717) is 23.6 Å². The van der Waals surface area contributed by atoms with Crippen LogP contribution < -0.4 is 10.1 Å². The molecule has 0 aliphatic carbocycles. The van der Waals surface area contributed by atoms with Crippen LogP contribution in [0.4, 0.5) is 0 Å². The predicted molar refractivity (Wildman–Crippen MR) is 79.1 cm³/mol. The molecule has 0 bridgehead atoms. The number of carboxylic acids is 1. The zero-order valence-corrected chi connectivity index (χ0v) is 13.2. The van der Waals surface area contributed by atoms with Gasteiger partial charge in [0.15, 0.2) is 6.61 Å². The van der Waals surface area contributed by atoms with Crippen LogP contribution in [-0.2, 0) is 9.59 Å². The first-order valence-electron chi connectivity index (χ1n) is 6.04. The van der Waals surface area contributed by atoms with Gasteiger partial charge in [-0.15, -0.1) is 0 Å². The lowest BCUT2D eigenvalue weighted by Crippen LogP contribution is -2.42. The third-order valence-corrected chi connectivity index (χ3v) is 3.25. The van der Waals surface area contributed by atoms with Gasteiger partial charge in [-0.2, -0.15) is 0 Å². The molecule has 20 heavy (non-hydrogen) atoms. The number of carbonyl (C=O) groups is 2. The molecule has 110 valence electrons. The molecule has 0 saturated heterocycles. The molecular weight excluding hydrogens is 350 g/mol. The zero-order chi connectivity index (χ0) is 15.1. The lowest BCUT2D eigenvalue weighted by molar-refractivity contribution is -0.142. The van der Waals surface area contributed by atoms with Crippen LogP contribution in [0.1, 0.15) is 19.8 Å². The van der Waals surface area contributed by atoms with Crippen LogP contribution in [0, 0.1) is 0 Å². The number of rotatable bonds is 7. The summed E-state index contributed by atoms with van der Waals surface area (Å²) in [6, 6.07) is 4.11. The van der Waals surface area contributed by atoms with Crippen LogP contribution in [0.15, 0.2) is 22.7 Å². The smallest absolute Gasteiger partial charge is 0.326 e. The summed E-state index contributed by atoms with van der Waals surface area (Å²) in [4.78, 5) is 22.5. The van der Waals surface area contributed by atoms with Crippen molar-refractivity contribution in [1.29, 1.82) is 0 Å². The van der Waals surface area contributed by atoms with E-state index in [4.69, 9.17) is 21.4 Å². The number of aliphatic carboxylic acids is 1. The van der Waals surface area contributed by atoms with Gasteiger partial charge in [-0.1, -0.05) is 40.9 Å². The Morgan fingerprint density at radius 1 is 1.50 bits per heavy atom. The fourth-order valence-electron chi connectivity index (χ4n) is 1.52. The predicted octanol–water partition coefficient (Wildman–Crippen LogP) is 2.85. The zero-order valence-electron chi connectivity index (χ0n) is 10.9. The Morgan fingerprint density at radius 3 is 2.75 bits per heavy atom. The molecule has 0 unspecified atom stereocenters. The Balaban J connectivity index is 2.52. The standard InChI is InChI=1S/C13H15BrClNO4/c1-2-3-10(13(18)19)16-12(17)7-20-11-5-4-8(14)6-9(11)15/h4-6,10H,2-3,7H2,1H3,(H,16,17)(H,18,19)/t10-/m1/s1. The van der Waals surface area contributed by atoms with E-state index in [-0.39, 0.29) is 6.61 Å². The highest BCUT2D eigenvalue weighted by Crippen LogP contribution is 2.27. The molecule has 1 aromatic carbocycles. The van der Waals surface area contributed by atoms with E-state index in [1.165, 1.54) is 0 Å². The second-order valence-electron chi connectivity index (χ2n) is 4.11. The molecule has 0 aromatic heterocycles. The number of carbonyl (C=O) groups excluding carboxylic acids is 1. The monoisotopic (exact) mass is 363 g/mol. The van der Waals surface area contributed by atoms with Crippen molar-refractivity contribution in [2.45, 2.75) is 25.8 Å². The molecule has 1 rings (SSSR count). The summed E-state index contributed by atoms with van der Waals surface area (Å²) >= 11 is 9.20. The highest BCUT2D eigenvalue weighted by molar-refractivity contribution is 9.10. The van der Waals surface area contributed by atoms with Crippen LogP contribution in [-0.4, -0.2) is 29.6 Å². The Labute approximate surface area is 130 Å². The van der Waals surface area contributed by atoms with Gasteiger partial charge < -0.3 is 15.2 Å². The molecule has 1 aromatic rings. The van der Waals surface area contributed by atoms with Gasteiger partial charge >= 0.3 is 5.97 Å². The summed E-state index contributed by atoms with van der Waals surface area (Å²) in [7, 11) is 0. The number of hydrogen-bond donors (Lipinski definition) is 2. The van der Waals surface area contributed by atoms with Crippen LogP contribution in [0.25, 0.3) is 0 Å². The lowest BCUT2D eigenvalue weighted by atomic mass is 10.2. The fourth-order valence-corrected chi connectivity index (χ4v) is 2.25. The van der Waals surface area contributed by atoms with Gasteiger partial charge in [0.25, 0.3) is 5.91 Å². The van der Waals surface area contributed by atoms with Crippen molar-refractivity contribution < 1.29 is 19.4 Å². The number of halogens is 2. The molecule has 0 spiro atoms. The molecule has 1 atom stereocenters. The Bertz CT molecular complexity index is 495. The van der Waals surface area contributed by atoms with E-state index in [1.807, 2.05) is 6.92 Å². The van der Waals surface area contributed by atoms with Gasteiger partial charge in [0.1, 0.15) is 11.8 Å². The summed E-state index contributed by atoms with van der Waals surface area (Å²) in [6.45, 7) is 1.56. The van der Waals surface area contributed by atoms with Crippen LogP contribution in [0.2, 0.25) is 5.02 Å². The average Bonchev–Trinajstić information content (AvgIpc) is 2.37. The SMILES string of the molecule is CCC[C@@H](NC(=O)COc1ccc(Br)cc1Cl)C(=O)O. The maximum atomic E-state index is 11.6. The molecule has 2 N–H and O–H groups in total. The third kappa shape index (κ3) is 5.38. The maximum absolute atomic E-state index is 11.6. The highest BCUT2D eigenvalue weighted by Gasteiger charge is 2.19. The normalized spacial score (nSPS) is 11.8. The molecule has 0 fully saturated rings. The Hall–Kier alpha value is -1.27. The first kappa shape index (κ1) is 16.8. The van der Waals surface area contributed by atoms with E-state index in [9.17, 15) is 9.59 Å². The summed E-state index contributed by atoms with van der Waals surface area (Å²) in [6.07, 6.45) is 1.04. The second kappa shape index (κ2) is 8.11. The molecule has 0 radical (unpaired) electrons. The summed E-state index contributed by atoms with van der Waals surface area (Å²) in [5.74, 6) is -1.18. The minimum atomic E-state index is -1.05. The van der Waals surface area contributed by atoms with Gasteiger partial charge in [-0.3, -0.25) is 4.79 Å². The molecule has 7 heteroatoms. The third-order valence-electron chi connectivity index (χ3n) is 2.46. The summed E-state index contributed by atoms with van der Waals surface area (Å²) in [5.41, 5.74) is 0. The quantitative estimate of drug-likeness (QED) is 0.780. The van der Waals surface area contributed by atoms with Crippen LogP contribution in [0.5, 0.6) is 5.75 Å². The van der Waals surface area contributed by atoms with Crippen molar-refractivity contribution >= 4 is 39.4 Å². The summed E-state index contributed by atoms with van der Waals surface area (Å²) in [5, 5.41) is 11.7. The van der Waals surface area contributed by atoms with Crippen molar-refractivity contribution in [3.63, 3.8) is 0 Å². The van der Waals surface area contributed by atoms with Gasteiger partial charge in [-0.25, -0.2) is 4.79 Å². The van der Waals surface area contributed by atoms with Gasteiger partial charge in [-0.05, 0) is 24.6 Å². The molecule has 1 amide bonds. The van der Waals surface area contributed by atoms with E-state index in [1.54, 1.807) is 18.2 Å². The van der Waals surface area contributed by atoms with Crippen molar-refractivity contribution in [1.82, 2.24) is 5.32 Å². The van der Waals surface area contributed by atoms with E-state index in [0.717, 1.165) is 4.47 Å². The number of carboxylic acid groups (broad SMARTS) is 1. The van der Waals surface area contributed by atoms with E-state index < -0.39 is 17.9 Å². The molecule has 0 heterocycles. The minimum absolute atomic E-state index is 0.283. The topological polar surface area (TPSA) is 75.6 Å². The Kier molecular flexibility index (Phi) is 6.81. The van der Waals surface area contributed by atoms with Crippen LogP contribution in [0.3, 0.4) is 0 Å². The highest BCUT2D eigenvalue weighted by atomic mass is 79.9. The molecule has 5 nitrogen and oxygen atoms in total. The van der Waals surface area contributed by atoms with Crippen molar-refractivity contribution in [3.8, 4) is 5.75 Å². The van der Waals surface area contributed by atoms with Crippen LogP contribution >= 0.6 is 27.5 Å². The maximum Gasteiger partial charge on any atom is 0.326 e. The first-order valence-corrected chi connectivity index (χ1v) is 7.21. The van der Waals surface area contributed by atoms with Crippen molar-refractivity contribution in [2.24, 2.45) is 0 Å². The van der Waals surface area contributed by atoms with Gasteiger partial charge in [0.05, 0.1) is 5.02 Å². The second-order valence-corrected chi connectivity index (χ2v) is 5.43. The minimum Gasteiger partial charge on any atom is -0.482 e. The fraction of sp³-hybridized carbons (Fsp3) is 0.385. The number of nitrogens with one attached hydrogen (secondary N) is 1. The van der Waals surface area contributed by atoms with Crippen molar-refractivity contribution in [3.05, 3.63) is 27.7 Å². The summed E-state index contributed by atoms with van der Waals surface area (Å²) < 4.78 is 6.05. The Morgan fingerprint density at radius 2 is 2.20 bits per heavy atom. The molecule has 0 aliphatic heterocycles. The number of amides is 1.